The molecule has 2 aliphatic rings. The highest BCUT2D eigenvalue weighted by molar-refractivity contribution is 7.15. The second-order valence-electron chi connectivity index (χ2n) is 9.97. The number of aliphatic carboxylic acids is 1. The van der Waals surface area contributed by atoms with Crippen molar-refractivity contribution in [1.82, 2.24) is 14.8 Å². The van der Waals surface area contributed by atoms with Gasteiger partial charge in [-0.25, -0.2) is 0 Å². The Hall–Kier alpha value is -3.82. The number of anilines is 1. The fourth-order valence-electron chi connectivity index (χ4n) is 5.45. The van der Waals surface area contributed by atoms with Crippen molar-refractivity contribution >= 4 is 28.7 Å². The fourth-order valence-corrected chi connectivity index (χ4v) is 6.67. The summed E-state index contributed by atoms with van der Waals surface area (Å²) in [6, 6.07) is 16.2. The van der Waals surface area contributed by atoms with Gasteiger partial charge in [0.25, 0.3) is 0 Å². The molecule has 0 saturated carbocycles. The maximum absolute atomic E-state index is 12.1. The van der Waals surface area contributed by atoms with Crippen molar-refractivity contribution in [1.29, 1.82) is 0 Å². The van der Waals surface area contributed by atoms with Crippen LogP contribution < -0.4 is 4.90 Å². The van der Waals surface area contributed by atoms with Gasteiger partial charge in [-0.05, 0) is 56.0 Å². The summed E-state index contributed by atoms with van der Waals surface area (Å²) in [7, 11) is 0. The highest BCUT2D eigenvalue weighted by Crippen LogP contribution is 2.41. The SMILES string of the molecule is Cc1c(CO)sc2c1C(c1ccc(N3CCc4ccccc4C3)cc1)=NC([C@H](C)C(=O)O)c1nnc(C)n1-2. The maximum Gasteiger partial charge on any atom is 0.308 e. The summed E-state index contributed by atoms with van der Waals surface area (Å²) in [6.45, 7) is 7.23. The Labute approximate surface area is 224 Å². The predicted octanol–water partition coefficient (Wildman–Crippen LogP) is 4.61. The van der Waals surface area contributed by atoms with E-state index in [4.69, 9.17) is 4.99 Å². The number of carbonyl (C=O) groups is 1. The first-order valence-corrected chi connectivity index (χ1v) is 13.6. The van der Waals surface area contributed by atoms with Crippen LogP contribution >= 0.6 is 11.3 Å². The molecule has 194 valence electrons. The Kier molecular flexibility index (Phi) is 6.12. The number of aliphatic imine (C=N–C) groups is 1. The molecule has 2 N–H and O–H groups in total. The molecule has 0 amide bonds. The number of aromatic nitrogens is 3. The van der Waals surface area contributed by atoms with Crippen LogP contribution in [0.5, 0.6) is 0 Å². The van der Waals surface area contributed by atoms with Crippen LogP contribution in [0.4, 0.5) is 5.69 Å². The molecule has 2 aromatic heterocycles. The van der Waals surface area contributed by atoms with Crippen LogP contribution in [-0.2, 0) is 24.4 Å². The summed E-state index contributed by atoms with van der Waals surface area (Å²) in [6.07, 6.45) is 1.01. The number of hydrogen-bond donors (Lipinski definition) is 2. The third kappa shape index (κ3) is 3.93. The first kappa shape index (κ1) is 24.5. The van der Waals surface area contributed by atoms with Gasteiger partial charge in [-0.15, -0.1) is 21.5 Å². The van der Waals surface area contributed by atoms with Crippen molar-refractivity contribution in [2.45, 2.75) is 46.4 Å². The molecule has 0 aliphatic carbocycles. The first-order chi connectivity index (χ1) is 18.4. The monoisotopic (exact) mass is 527 g/mol. The van der Waals surface area contributed by atoms with Crippen molar-refractivity contribution in [3.05, 3.63) is 92.9 Å². The van der Waals surface area contributed by atoms with E-state index in [-0.39, 0.29) is 6.61 Å². The minimum Gasteiger partial charge on any atom is -0.481 e. The van der Waals surface area contributed by atoms with Crippen molar-refractivity contribution in [3.63, 3.8) is 0 Å². The molecule has 8 nitrogen and oxygen atoms in total. The molecule has 0 fully saturated rings. The van der Waals surface area contributed by atoms with Crippen LogP contribution in [0.1, 0.15) is 57.3 Å². The Balaban J connectivity index is 1.45. The molecule has 4 heterocycles. The van der Waals surface area contributed by atoms with Gasteiger partial charge in [0.05, 0.1) is 18.2 Å². The van der Waals surface area contributed by atoms with E-state index in [2.05, 4.69) is 63.6 Å². The number of carboxylic acids is 1. The van der Waals surface area contributed by atoms with Gasteiger partial charge in [0, 0.05) is 34.8 Å². The molecule has 0 bridgehead atoms. The average molecular weight is 528 g/mol. The number of carboxylic acid groups (broad SMARTS) is 1. The normalized spacial score (nSPS) is 17.2. The Morgan fingerprint density at radius 3 is 2.55 bits per heavy atom. The molecule has 2 aromatic carbocycles. The van der Waals surface area contributed by atoms with E-state index in [0.717, 1.165) is 51.8 Å². The fraction of sp³-hybridized carbons (Fsp3) is 0.310. The van der Waals surface area contributed by atoms with Crippen LogP contribution in [0.25, 0.3) is 5.00 Å². The molecule has 4 aromatic rings. The van der Waals surface area contributed by atoms with Gasteiger partial charge >= 0.3 is 5.97 Å². The van der Waals surface area contributed by atoms with Crippen LogP contribution in [0.15, 0.2) is 53.5 Å². The van der Waals surface area contributed by atoms with Crippen molar-refractivity contribution in [2.24, 2.45) is 10.9 Å². The largest absolute Gasteiger partial charge is 0.481 e. The summed E-state index contributed by atoms with van der Waals surface area (Å²) >= 11 is 1.47. The van der Waals surface area contributed by atoms with E-state index in [1.807, 2.05) is 18.4 Å². The number of hydrogen-bond acceptors (Lipinski definition) is 7. The highest BCUT2D eigenvalue weighted by Gasteiger charge is 2.36. The van der Waals surface area contributed by atoms with Crippen LogP contribution in [-0.4, -0.2) is 43.2 Å². The van der Waals surface area contributed by atoms with Crippen molar-refractivity contribution < 1.29 is 15.0 Å². The summed E-state index contributed by atoms with van der Waals surface area (Å²) < 4.78 is 1.91. The summed E-state index contributed by atoms with van der Waals surface area (Å²) in [5.41, 5.74) is 7.35. The number of fused-ring (bicyclic) bond motifs is 4. The van der Waals surface area contributed by atoms with Gasteiger partial charge < -0.3 is 15.1 Å². The van der Waals surface area contributed by atoms with E-state index < -0.39 is 17.9 Å². The topological polar surface area (TPSA) is 104 Å². The third-order valence-electron chi connectivity index (χ3n) is 7.69. The van der Waals surface area contributed by atoms with Crippen molar-refractivity contribution in [2.75, 3.05) is 11.4 Å². The maximum atomic E-state index is 12.1. The molecule has 0 spiro atoms. The lowest BCUT2D eigenvalue weighted by molar-refractivity contribution is -0.141. The number of aliphatic hydroxyl groups is 1. The summed E-state index contributed by atoms with van der Waals surface area (Å²) in [4.78, 5) is 20.4. The first-order valence-electron chi connectivity index (χ1n) is 12.8. The minimum atomic E-state index is -0.941. The van der Waals surface area contributed by atoms with Gasteiger partial charge in [-0.1, -0.05) is 36.4 Å². The van der Waals surface area contributed by atoms with Gasteiger partial charge in [0.15, 0.2) is 5.82 Å². The van der Waals surface area contributed by atoms with Crippen molar-refractivity contribution in [3.8, 4) is 5.00 Å². The summed E-state index contributed by atoms with van der Waals surface area (Å²) in [5.74, 6) is -0.578. The van der Waals surface area contributed by atoms with E-state index in [9.17, 15) is 15.0 Å². The molecule has 38 heavy (non-hydrogen) atoms. The van der Waals surface area contributed by atoms with E-state index >= 15 is 0 Å². The number of nitrogens with zero attached hydrogens (tertiary/aromatic N) is 5. The Morgan fingerprint density at radius 2 is 1.84 bits per heavy atom. The van der Waals surface area contributed by atoms with Gasteiger partial charge in [-0.2, -0.15) is 0 Å². The molecular formula is C29H29N5O3S. The van der Waals surface area contributed by atoms with Gasteiger partial charge in [-0.3, -0.25) is 14.4 Å². The van der Waals surface area contributed by atoms with Crippen LogP contribution in [0.3, 0.4) is 0 Å². The summed E-state index contributed by atoms with van der Waals surface area (Å²) in [5, 5.41) is 29.5. The number of benzene rings is 2. The highest BCUT2D eigenvalue weighted by atomic mass is 32.1. The van der Waals surface area contributed by atoms with E-state index in [1.54, 1.807) is 6.92 Å². The third-order valence-corrected chi connectivity index (χ3v) is 8.95. The molecular weight excluding hydrogens is 498 g/mol. The zero-order valence-corrected chi connectivity index (χ0v) is 22.4. The zero-order chi connectivity index (χ0) is 26.6. The second kappa shape index (κ2) is 9.49. The molecule has 0 saturated heterocycles. The minimum absolute atomic E-state index is 0.0857. The van der Waals surface area contributed by atoms with Crippen LogP contribution in [0.2, 0.25) is 0 Å². The molecule has 6 rings (SSSR count). The smallest absolute Gasteiger partial charge is 0.308 e. The number of aryl methyl sites for hydroxylation is 1. The molecule has 9 heteroatoms. The molecule has 2 atom stereocenters. The number of rotatable bonds is 5. The standard InChI is InChI=1S/C29H29N5O3S/c1-16-23(15-35)38-28-24(16)26(30-25(17(2)29(36)37)27-32-31-18(3)34(27)28)20-8-10-22(11-9-20)33-13-12-19-6-4-5-7-21(19)14-33/h4-11,17,25,35H,12-15H2,1-3H3,(H,36,37)/t17-,25?/m0/s1. The number of aliphatic hydroxyl groups excluding tert-OH is 1. The lowest BCUT2D eigenvalue weighted by Crippen LogP contribution is -2.30. The Bertz CT molecular complexity index is 1570. The molecule has 0 radical (unpaired) electrons. The average Bonchev–Trinajstić information content (AvgIpc) is 3.42. The zero-order valence-electron chi connectivity index (χ0n) is 21.5. The van der Waals surface area contributed by atoms with E-state index in [0.29, 0.717) is 17.4 Å². The van der Waals surface area contributed by atoms with Crippen LogP contribution in [0, 0.1) is 19.8 Å². The van der Waals surface area contributed by atoms with Gasteiger partial charge in [0.1, 0.15) is 16.9 Å². The second-order valence-corrected chi connectivity index (χ2v) is 11.0. The lowest BCUT2D eigenvalue weighted by Gasteiger charge is -2.31. The van der Waals surface area contributed by atoms with E-state index in [1.165, 1.54) is 22.5 Å². The quantitative estimate of drug-likeness (QED) is 0.393. The number of thiophene rings is 1. The molecule has 1 unspecified atom stereocenters. The lowest BCUT2D eigenvalue weighted by atomic mass is 9.97. The molecule has 2 aliphatic heterocycles. The predicted molar refractivity (Wildman–Crippen MR) is 147 cm³/mol. The Morgan fingerprint density at radius 1 is 1.11 bits per heavy atom. The van der Waals surface area contributed by atoms with Gasteiger partial charge in [0.2, 0.25) is 0 Å².